The number of nitrogens with zero attached hydrogens (tertiary/aromatic N) is 9. The molecule has 5 heterocycles. The molecule has 0 bridgehead atoms. The Bertz CT molecular complexity index is 4340. The van der Waals surface area contributed by atoms with Crippen molar-refractivity contribution in [3.8, 4) is 51.7 Å². The first kappa shape index (κ1) is 38.5. The molecule has 9 heteroatoms. The Morgan fingerprint density at radius 3 is 1.26 bits per heavy atom. The van der Waals surface area contributed by atoms with Crippen molar-refractivity contribution in [3.63, 3.8) is 0 Å². The van der Waals surface area contributed by atoms with Crippen LogP contribution in [0.1, 0.15) is 22.9 Å². The van der Waals surface area contributed by atoms with Gasteiger partial charge in [-0.05, 0) is 70.8 Å². The molecule has 1 aliphatic carbocycles. The van der Waals surface area contributed by atoms with Crippen LogP contribution in [0.15, 0.2) is 218 Å². The number of hydrogen-bond donors (Lipinski definition) is 0. The fourth-order valence-corrected chi connectivity index (χ4v) is 11.1. The summed E-state index contributed by atoms with van der Waals surface area (Å²) >= 11 is 0. The zero-order chi connectivity index (χ0) is 45.9. The number of para-hydroxylation sites is 5. The van der Waals surface area contributed by atoms with Gasteiger partial charge in [0.15, 0.2) is 5.82 Å². The summed E-state index contributed by atoms with van der Waals surface area (Å²) in [6.45, 7) is 0. The molecule has 9 aromatic carbocycles. The van der Waals surface area contributed by atoms with Gasteiger partial charge in [-0.15, -0.1) is 0 Å². The highest BCUT2D eigenvalue weighted by Crippen LogP contribution is 2.47. The number of fused-ring (bicyclic) bond motifs is 12. The van der Waals surface area contributed by atoms with Crippen molar-refractivity contribution in [1.29, 1.82) is 0 Å². The molecule has 0 spiro atoms. The molecule has 0 fully saturated rings. The van der Waals surface area contributed by atoms with E-state index in [1.165, 1.54) is 11.1 Å². The smallest absolute Gasteiger partial charge is 0.238 e. The summed E-state index contributed by atoms with van der Waals surface area (Å²) in [4.78, 5) is 32.3. The topological polar surface area (TPSA) is 92.1 Å². The third-order valence-electron chi connectivity index (χ3n) is 14.0. The molecule has 14 aromatic rings. The van der Waals surface area contributed by atoms with Crippen molar-refractivity contribution in [2.24, 2.45) is 0 Å². The van der Waals surface area contributed by atoms with Gasteiger partial charge in [0, 0.05) is 43.6 Å². The quantitative estimate of drug-likeness (QED) is 0.165. The van der Waals surface area contributed by atoms with Gasteiger partial charge in [-0.2, -0.15) is 19.9 Å². The molecule has 0 atom stereocenters. The van der Waals surface area contributed by atoms with Crippen LogP contribution in [0, 0.1) is 0 Å². The minimum atomic E-state index is -0.270. The lowest BCUT2D eigenvalue weighted by atomic mass is 9.96. The number of benzene rings is 9. The highest BCUT2D eigenvalue weighted by molar-refractivity contribution is 6.19. The van der Waals surface area contributed by atoms with E-state index in [0.29, 0.717) is 35.2 Å². The van der Waals surface area contributed by atoms with Gasteiger partial charge in [0.25, 0.3) is 0 Å². The van der Waals surface area contributed by atoms with Crippen LogP contribution in [-0.4, -0.2) is 43.6 Å². The van der Waals surface area contributed by atoms with E-state index in [1.54, 1.807) is 0 Å². The summed E-state index contributed by atoms with van der Waals surface area (Å²) in [6, 6.07) is 76.4. The summed E-state index contributed by atoms with van der Waals surface area (Å²) in [7, 11) is 0. The van der Waals surface area contributed by atoms with Gasteiger partial charge in [0.2, 0.25) is 23.5 Å². The average molecular weight is 896 g/mol. The van der Waals surface area contributed by atoms with Crippen LogP contribution in [0.4, 0.5) is 0 Å². The van der Waals surface area contributed by atoms with Gasteiger partial charge in [-0.25, -0.2) is 9.97 Å². The molecule has 5 aromatic heterocycles. The predicted molar refractivity (Wildman–Crippen MR) is 280 cm³/mol. The molecular weight excluding hydrogens is 859 g/mol. The molecular formula is C61H37N9. The van der Waals surface area contributed by atoms with Gasteiger partial charge in [0.05, 0.1) is 39.0 Å². The molecule has 1 aliphatic rings. The molecule has 0 amide bonds. The predicted octanol–water partition coefficient (Wildman–Crippen LogP) is 13.8. The van der Waals surface area contributed by atoms with E-state index >= 15 is 0 Å². The zero-order valence-corrected chi connectivity index (χ0v) is 37.4. The molecule has 0 unspecified atom stereocenters. The van der Waals surface area contributed by atoms with Crippen molar-refractivity contribution in [1.82, 2.24) is 43.6 Å². The lowest BCUT2D eigenvalue weighted by Crippen LogP contribution is -2.14. The van der Waals surface area contributed by atoms with E-state index in [-0.39, 0.29) is 5.92 Å². The first-order valence-electron chi connectivity index (χ1n) is 23.5. The lowest BCUT2D eigenvalue weighted by molar-refractivity contribution is 0.814. The van der Waals surface area contributed by atoms with Crippen LogP contribution < -0.4 is 0 Å². The minimum absolute atomic E-state index is 0.270. The van der Waals surface area contributed by atoms with Crippen molar-refractivity contribution < 1.29 is 0 Å². The van der Waals surface area contributed by atoms with Crippen molar-refractivity contribution in [2.45, 2.75) is 5.92 Å². The largest absolute Gasteiger partial charge is 0.309 e. The second-order valence-electron chi connectivity index (χ2n) is 17.9. The Labute approximate surface area is 400 Å². The van der Waals surface area contributed by atoms with Crippen molar-refractivity contribution in [3.05, 3.63) is 235 Å². The number of aromatic nitrogens is 9. The maximum atomic E-state index is 5.46. The molecule has 0 radical (unpaired) electrons. The first-order valence-corrected chi connectivity index (χ1v) is 23.5. The fraction of sp³-hybridized carbons (Fsp3) is 0.0164. The molecule has 9 nitrogen and oxygen atoms in total. The molecule has 0 saturated carbocycles. The summed E-state index contributed by atoms with van der Waals surface area (Å²) in [5.41, 5.74) is 12.8. The standard InChI is InChI=1S/C61H37N9/c1-3-19-37(20-4-1)56-62-58(66-60(64-56)70-52-34-18-14-28-44(52)48-35-53-47(36-54(48)70)43-27-13-15-31-49(43)68(53)38-21-5-2-6-22-38)59-63-57(55-45-29-9-7-23-39(45)40-24-8-10-30-46(40)55)65-61(67-59)69-50-32-16-11-25-41(50)42-26-12-17-33-51(42)69/h1-36,55H. The Morgan fingerprint density at radius 1 is 0.286 bits per heavy atom. The highest BCUT2D eigenvalue weighted by Gasteiger charge is 2.33. The van der Waals surface area contributed by atoms with E-state index in [1.807, 2.05) is 30.3 Å². The minimum Gasteiger partial charge on any atom is -0.309 e. The van der Waals surface area contributed by atoms with Gasteiger partial charge in [-0.3, -0.25) is 9.13 Å². The van der Waals surface area contributed by atoms with Crippen molar-refractivity contribution in [2.75, 3.05) is 0 Å². The zero-order valence-electron chi connectivity index (χ0n) is 37.4. The third-order valence-corrected chi connectivity index (χ3v) is 14.0. The van der Waals surface area contributed by atoms with Crippen LogP contribution in [0.25, 0.3) is 117 Å². The second kappa shape index (κ2) is 15.0. The van der Waals surface area contributed by atoms with Crippen LogP contribution in [-0.2, 0) is 0 Å². The fourth-order valence-electron chi connectivity index (χ4n) is 11.1. The molecule has 0 saturated heterocycles. The Hall–Kier alpha value is -9.60. The van der Waals surface area contributed by atoms with Crippen LogP contribution in [0.5, 0.6) is 0 Å². The van der Waals surface area contributed by atoms with Gasteiger partial charge in [-0.1, -0.05) is 170 Å². The Balaban J connectivity index is 1.03. The van der Waals surface area contributed by atoms with Gasteiger partial charge in [0.1, 0.15) is 5.82 Å². The highest BCUT2D eigenvalue weighted by atomic mass is 15.2. The van der Waals surface area contributed by atoms with E-state index in [9.17, 15) is 0 Å². The van der Waals surface area contributed by atoms with Crippen molar-refractivity contribution >= 4 is 65.4 Å². The van der Waals surface area contributed by atoms with E-state index < -0.39 is 0 Å². The SMILES string of the molecule is c1ccc(-c2nc(-c3nc(C4c5ccccc5-c5ccccc54)nc(-n4c5ccccc5c5ccccc54)n3)nc(-n3c4ccccc4c4cc5c(cc43)c3ccccc3n5-c3ccccc3)n2)cc1. The van der Waals surface area contributed by atoms with E-state index in [0.717, 1.165) is 87.8 Å². The Morgan fingerprint density at radius 2 is 0.686 bits per heavy atom. The third kappa shape index (κ3) is 5.66. The monoisotopic (exact) mass is 895 g/mol. The summed E-state index contributed by atoms with van der Waals surface area (Å²) in [6.07, 6.45) is 0. The van der Waals surface area contributed by atoms with Gasteiger partial charge < -0.3 is 4.57 Å². The average Bonchev–Trinajstić information content (AvgIpc) is 4.15. The normalized spacial score (nSPS) is 12.5. The lowest BCUT2D eigenvalue weighted by Gasteiger charge is -2.16. The maximum Gasteiger partial charge on any atom is 0.238 e. The number of rotatable bonds is 6. The van der Waals surface area contributed by atoms with Crippen LogP contribution >= 0.6 is 0 Å². The van der Waals surface area contributed by atoms with Crippen LogP contribution in [0.2, 0.25) is 0 Å². The maximum absolute atomic E-state index is 5.46. The van der Waals surface area contributed by atoms with Gasteiger partial charge >= 0.3 is 0 Å². The molecule has 0 N–H and O–H groups in total. The number of hydrogen-bond acceptors (Lipinski definition) is 6. The Kier molecular flexibility index (Phi) is 8.22. The molecule has 70 heavy (non-hydrogen) atoms. The van der Waals surface area contributed by atoms with E-state index in [4.69, 9.17) is 29.9 Å². The summed E-state index contributed by atoms with van der Waals surface area (Å²) in [5.74, 6) is 2.46. The molecule has 15 rings (SSSR count). The molecule has 326 valence electrons. The molecule has 0 aliphatic heterocycles. The second-order valence-corrected chi connectivity index (χ2v) is 17.9. The van der Waals surface area contributed by atoms with E-state index in [2.05, 4.69) is 202 Å². The summed E-state index contributed by atoms with van der Waals surface area (Å²) < 4.78 is 6.69. The summed E-state index contributed by atoms with van der Waals surface area (Å²) in [5, 5.41) is 6.68. The first-order chi connectivity index (χ1) is 34.7. The van der Waals surface area contributed by atoms with Crippen LogP contribution in [0.3, 0.4) is 0 Å².